The Kier molecular flexibility index (Phi) is 6.02. The van der Waals surface area contributed by atoms with Crippen LogP contribution in [0.3, 0.4) is 0 Å². The number of imidazole rings is 1. The summed E-state index contributed by atoms with van der Waals surface area (Å²) in [7, 11) is 0. The van der Waals surface area contributed by atoms with E-state index in [0.29, 0.717) is 0 Å². The van der Waals surface area contributed by atoms with Crippen LogP contribution in [0.25, 0.3) is 11.0 Å². The quantitative estimate of drug-likeness (QED) is 0.622. The fraction of sp³-hybridized carbons (Fsp3) is 0.562. The molecule has 0 saturated heterocycles. The van der Waals surface area contributed by atoms with Crippen LogP contribution in [0.2, 0.25) is 0 Å². The van der Waals surface area contributed by atoms with Gasteiger partial charge < -0.3 is 20.0 Å². The predicted molar refractivity (Wildman–Crippen MR) is 85.7 cm³/mol. The number of aromatic nitrogens is 2. The van der Waals surface area contributed by atoms with Gasteiger partial charge >= 0.3 is 5.69 Å². The largest absolute Gasteiger partial charge is 0.381 e. The van der Waals surface area contributed by atoms with Gasteiger partial charge in [-0.25, -0.2) is 4.79 Å². The van der Waals surface area contributed by atoms with Crippen molar-refractivity contribution in [2.24, 2.45) is 0 Å². The summed E-state index contributed by atoms with van der Waals surface area (Å²) >= 11 is 0. The average molecular weight is 291 g/mol. The number of H-pyrrole nitrogens is 2. The Morgan fingerprint density at radius 2 is 1.95 bits per heavy atom. The van der Waals surface area contributed by atoms with Crippen molar-refractivity contribution in [1.82, 2.24) is 15.3 Å². The first-order valence-electron chi connectivity index (χ1n) is 7.73. The molecule has 2 aromatic rings. The van der Waals surface area contributed by atoms with E-state index in [9.17, 15) is 4.79 Å². The van der Waals surface area contributed by atoms with Gasteiger partial charge in [-0.3, -0.25) is 0 Å². The Morgan fingerprint density at radius 3 is 2.76 bits per heavy atom. The molecule has 0 fully saturated rings. The molecule has 0 saturated carbocycles. The van der Waals surface area contributed by atoms with E-state index in [1.165, 1.54) is 12.0 Å². The first-order chi connectivity index (χ1) is 10.2. The molecule has 1 aromatic heterocycles. The van der Waals surface area contributed by atoms with Crippen LogP contribution in [0.5, 0.6) is 0 Å². The third kappa shape index (κ3) is 4.72. The second-order valence-corrected chi connectivity index (χ2v) is 5.38. The Balaban J connectivity index is 1.76. The standard InChI is InChI=1S/C16H25N3O2/c1-3-4-9-21-10-5-8-17-12(2)13-6-7-14-15(11-13)19-16(20)18-14/h6-7,11-12,17H,3-5,8-10H2,1-2H3,(H2,18,19,20). The molecule has 0 spiro atoms. The van der Waals surface area contributed by atoms with E-state index in [4.69, 9.17) is 4.74 Å². The molecule has 1 atom stereocenters. The lowest BCUT2D eigenvalue weighted by atomic mass is 10.1. The molecule has 0 aliphatic carbocycles. The van der Waals surface area contributed by atoms with Gasteiger partial charge in [-0.15, -0.1) is 0 Å². The molecule has 21 heavy (non-hydrogen) atoms. The summed E-state index contributed by atoms with van der Waals surface area (Å²) in [5.74, 6) is 0. The number of rotatable bonds is 9. The first kappa shape index (κ1) is 15.8. The van der Waals surface area contributed by atoms with Crippen molar-refractivity contribution in [3.63, 3.8) is 0 Å². The summed E-state index contributed by atoms with van der Waals surface area (Å²) in [5, 5.41) is 3.48. The Bertz CT molecular complexity index is 603. The molecular weight excluding hydrogens is 266 g/mol. The number of nitrogens with one attached hydrogen (secondary N) is 3. The highest BCUT2D eigenvalue weighted by molar-refractivity contribution is 5.75. The van der Waals surface area contributed by atoms with E-state index in [1.54, 1.807) is 0 Å². The summed E-state index contributed by atoms with van der Waals surface area (Å²) in [6.07, 6.45) is 3.33. The molecule has 0 radical (unpaired) electrons. The lowest BCUT2D eigenvalue weighted by Crippen LogP contribution is -2.21. The third-order valence-electron chi connectivity index (χ3n) is 3.60. The molecule has 0 amide bonds. The third-order valence-corrected chi connectivity index (χ3v) is 3.60. The Morgan fingerprint density at radius 1 is 1.19 bits per heavy atom. The maximum absolute atomic E-state index is 11.2. The number of ether oxygens (including phenoxy) is 1. The zero-order valence-corrected chi connectivity index (χ0v) is 12.9. The van der Waals surface area contributed by atoms with Crippen molar-refractivity contribution in [3.8, 4) is 0 Å². The van der Waals surface area contributed by atoms with Crippen LogP contribution in [0.1, 0.15) is 44.7 Å². The lowest BCUT2D eigenvalue weighted by molar-refractivity contribution is 0.128. The molecule has 0 aliphatic heterocycles. The van der Waals surface area contributed by atoms with Gasteiger partial charge in [-0.1, -0.05) is 19.4 Å². The predicted octanol–water partition coefficient (Wildman–Crippen LogP) is 2.71. The summed E-state index contributed by atoms with van der Waals surface area (Å²) < 4.78 is 5.54. The highest BCUT2D eigenvalue weighted by Gasteiger charge is 2.06. The number of hydrogen-bond donors (Lipinski definition) is 3. The van der Waals surface area contributed by atoms with Gasteiger partial charge in [0.1, 0.15) is 0 Å². The van der Waals surface area contributed by atoms with Gasteiger partial charge in [-0.05, 0) is 44.0 Å². The Labute approximate surface area is 125 Å². The van der Waals surface area contributed by atoms with E-state index in [2.05, 4.69) is 29.1 Å². The monoisotopic (exact) mass is 291 g/mol. The van der Waals surface area contributed by atoms with Crippen molar-refractivity contribution >= 4 is 11.0 Å². The molecule has 1 unspecified atom stereocenters. The SMILES string of the molecule is CCCCOCCCNC(C)c1ccc2[nH]c(=O)[nH]c2c1. The van der Waals surface area contributed by atoms with Gasteiger partial charge in [0, 0.05) is 19.3 Å². The minimum Gasteiger partial charge on any atom is -0.381 e. The molecule has 5 heteroatoms. The first-order valence-corrected chi connectivity index (χ1v) is 7.73. The number of aromatic amines is 2. The van der Waals surface area contributed by atoms with Crippen molar-refractivity contribution in [3.05, 3.63) is 34.2 Å². The van der Waals surface area contributed by atoms with Gasteiger partial charge in [0.25, 0.3) is 0 Å². The van der Waals surface area contributed by atoms with Crippen LogP contribution >= 0.6 is 0 Å². The van der Waals surface area contributed by atoms with Crippen LogP contribution in [-0.2, 0) is 4.74 Å². The second kappa shape index (κ2) is 8.00. The molecular formula is C16H25N3O2. The number of fused-ring (bicyclic) bond motifs is 1. The van der Waals surface area contributed by atoms with E-state index in [1.807, 2.05) is 18.2 Å². The smallest absolute Gasteiger partial charge is 0.323 e. The highest BCUT2D eigenvalue weighted by atomic mass is 16.5. The van der Waals surface area contributed by atoms with Gasteiger partial charge in [0.2, 0.25) is 0 Å². The summed E-state index contributed by atoms with van der Waals surface area (Å²) in [5.41, 5.74) is 2.71. The molecule has 1 aromatic carbocycles. The summed E-state index contributed by atoms with van der Waals surface area (Å²) in [6, 6.07) is 6.25. The van der Waals surface area contributed by atoms with Crippen molar-refractivity contribution in [2.75, 3.05) is 19.8 Å². The zero-order valence-electron chi connectivity index (χ0n) is 12.9. The van der Waals surface area contributed by atoms with Crippen LogP contribution in [0.15, 0.2) is 23.0 Å². The minimum atomic E-state index is -0.160. The van der Waals surface area contributed by atoms with Crippen LogP contribution in [0.4, 0.5) is 0 Å². The molecule has 116 valence electrons. The normalized spacial score (nSPS) is 12.9. The lowest BCUT2D eigenvalue weighted by Gasteiger charge is -2.14. The average Bonchev–Trinajstić information content (AvgIpc) is 2.85. The molecule has 0 aliphatic rings. The Hall–Kier alpha value is -1.59. The van der Waals surface area contributed by atoms with Gasteiger partial charge in [0.15, 0.2) is 0 Å². The zero-order chi connectivity index (χ0) is 15.1. The van der Waals surface area contributed by atoms with Gasteiger partial charge in [-0.2, -0.15) is 0 Å². The fourth-order valence-electron chi connectivity index (χ4n) is 2.28. The van der Waals surface area contributed by atoms with E-state index >= 15 is 0 Å². The molecule has 5 nitrogen and oxygen atoms in total. The number of benzene rings is 1. The maximum Gasteiger partial charge on any atom is 0.323 e. The minimum absolute atomic E-state index is 0.160. The summed E-state index contributed by atoms with van der Waals surface area (Å²) in [4.78, 5) is 16.8. The van der Waals surface area contributed by atoms with Crippen LogP contribution < -0.4 is 11.0 Å². The van der Waals surface area contributed by atoms with E-state index in [-0.39, 0.29) is 11.7 Å². The topological polar surface area (TPSA) is 69.9 Å². The van der Waals surface area contributed by atoms with E-state index in [0.717, 1.165) is 43.6 Å². The molecule has 3 N–H and O–H groups in total. The molecule has 1 heterocycles. The van der Waals surface area contributed by atoms with Crippen LogP contribution in [-0.4, -0.2) is 29.7 Å². The molecule has 0 bridgehead atoms. The number of unbranched alkanes of at least 4 members (excludes halogenated alkanes) is 1. The van der Waals surface area contributed by atoms with Crippen molar-refractivity contribution in [1.29, 1.82) is 0 Å². The van der Waals surface area contributed by atoms with Gasteiger partial charge in [0.05, 0.1) is 11.0 Å². The van der Waals surface area contributed by atoms with Crippen molar-refractivity contribution in [2.45, 2.75) is 39.2 Å². The number of hydrogen-bond acceptors (Lipinski definition) is 3. The second-order valence-electron chi connectivity index (χ2n) is 5.38. The van der Waals surface area contributed by atoms with Crippen molar-refractivity contribution < 1.29 is 4.74 Å². The maximum atomic E-state index is 11.2. The highest BCUT2D eigenvalue weighted by Crippen LogP contribution is 2.16. The summed E-state index contributed by atoms with van der Waals surface area (Å²) in [6.45, 7) is 6.90. The molecule has 2 rings (SSSR count). The van der Waals surface area contributed by atoms with E-state index < -0.39 is 0 Å². The van der Waals surface area contributed by atoms with Crippen LogP contribution in [0, 0.1) is 0 Å². The fourth-order valence-corrected chi connectivity index (χ4v) is 2.28.